The Morgan fingerprint density at radius 3 is 3.00 bits per heavy atom. The minimum absolute atomic E-state index is 0. The highest BCUT2D eigenvalue weighted by molar-refractivity contribution is 6.36. The van der Waals surface area contributed by atoms with E-state index < -0.39 is 0 Å². The standard InChI is InChI=1S/C24H24BN5.CH4/c25-22-20-8-10-30(24(20)28-14-27-22)19-6-4-15(11-19)1-2-16-3-5-17-13-18-7-9-26-23(18)29-21(17)12-16;/h3,5,8,10,12-15,19H,1-2,4,6-7,9,11H2,(H,26,29);1H4. The van der Waals surface area contributed by atoms with E-state index in [2.05, 4.69) is 50.3 Å². The van der Waals surface area contributed by atoms with E-state index in [1.165, 1.54) is 42.2 Å². The van der Waals surface area contributed by atoms with Crippen molar-refractivity contribution < 1.29 is 0 Å². The lowest BCUT2D eigenvalue weighted by molar-refractivity contribution is 0.461. The fourth-order valence-corrected chi connectivity index (χ4v) is 5.29. The fourth-order valence-electron chi connectivity index (χ4n) is 5.29. The van der Waals surface area contributed by atoms with Gasteiger partial charge in [-0.25, -0.2) is 9.97 Å². The second kappa shape index (κ2) is 7.99. The zero-order valence-corrected chi connectivity index (χ0v) is 17.0. The zero-order chi connectivity index (χ0) is 20.1. The molecular weight excluding hydrogens is 381 g/mol. The number of aromatic nitrogens is 4. The van der Waals surface area contributed by atoms with Crippen LogP contribution in [0.1, 0.15) is 50.3 Å². The molecule has 2 aliphatic rings. The highest BCUT2D eigenvalue weighted by atomic mass is 15.1. The molecule has 1 N–H and O–H groups in total. The van der Waals surface area contributed by atoms with Crippen LogP contribution in [0.15, 0.2) is 42.9 Å². The van der Waals surface area contributed by atoms with E-state index >= 15 is 0 Å². The number of pyridine rings is 1. The Bertz CT molecular complexity index is 1250. The molecule has 156 valence electrons. The first-order chi connectivity index (χ1) is 14.7. The molecule has 1 fully saturated rings. The average molecular weight is 409 g/mol. The van der Waals surface area contributed by atoms with Gasteiger partial charge in [-0.05, 0) is 73.8 Å². The van der Waals surface area contributed by atoms with Crippen molar-refractivity contribution in [1.29, 1.82) is 0 Å². The van der Waals surface area contributed by atoms with Crippen molar-refractivity contribution in [2.45, 2.75) is 52.0 Å². The smallest absolute Gasteiger partial charge is 0.142 e. The van der Waals surface area contributed by atoms with Gasteiger partial charge in [0, 0.05) is 35.1 Å². The second-order valence-corrected chi connectivity index (χ2v) is 8.79. The van der Waals surface area contributed by atoms with Gasteiger partial charge in [-0.3, -0.25) is 4.98 Å². The first-order valence-electron chi connectivity index (χ1n) is 11.0. The summed E-state index contributed by atoms with van der Waals surface area (Å²) in [5.74, 6) is 1.82. The third-order valence-electron chi connectivity index (χ3n) is 6.94. The van der Waals surface area contributed by atoms with Crippen LogP contribution >= 0.6 is 0 Å². The lowest BCUT2D eigenvalue weighted by Gasteiger charge is -2.14. The van der Waals surface area contributed by atoms with Gasteiger partial charge in [-0.1, -0.05) is 19.6 Å². The van der Waals surface area contributed by atoms with Crippen molar-refractivity contribution >= 4 is 41.2 Å². The molecule has 2 radical (unpaired) electrons. The molecule has 0 spiro atoms. The maximum absolute atomic E-state index is 6.00. The number of nitrogens with zero attached hydrogens (tertiary/aromatic N) is 4. The summed E-state index contributed by atoms with van der Waals surface area (Å²) in [5.41, 5.74) is 5.38. The third kappa shape index (κ3) is 3.58. The maximum atomic E-state index is 6.00. The van der Waals surface area contributed by atoms with Crippen molar-refractivity contribution in [3.63, 3.8) is 0 Å². The molecule has 0 bridgehead atoms. The molecule has 4 aromatic rings. The Kier molecular flexibility index (Phi) is 5.16. The van der Waals surface area contributed by atoms with Crippen LogP contribution in [0.25, 0.3) is 21.9 Å². The molecule has 1 aliphatic heterocycles. The Hall–Kier alpha value is -2.89. The van der Waals surface area contributed by atoms with Crippen LogP contribution in [-0.4, -0.2) is 33.9 Å². The molecule has 2 atom stereocenters. The first kappa shape index (κ1) is 20.0. The summed E-state index contributed by atoms with van der Waals surface area (Å²) in [7, 11) is 6.00. The predicted molar refractivity (Wildman–Crippen MR) is 128 cm³/mol. The van der Waals surface area contributed by atoms with Crippen molar-refractivity contribution in [2.75, 3.05) is 11.9 Å². The summed E-state index contributed by atoms with van der Waals surface area (Å²) in [6, 6.07) is 11.6. The van der Waals surface area contributed by atoms with Crippen molar-refractivity contribution in [3.05, 3.63) is 54.0 Å². The van der Waals surface area contributed by atoms with Gasteiger partial charge >= 0.3 is 0 Å². The largest absolute Gasteiger partial charge is 0.369 e. The fraction of sp³-hybridized carbons (Fsp3) is 0.400. The molecule has 2 unspecified atom stereocenters. The number of hydrogen-bond acceptors (Lipinski definition) is 4. The highest BCUT2D eigenvalue weighted by Gasteiger charge is 2.27. The van der Waals surface area contributed by atoms with Gasteiger partial charge in [-0.2, -0.15) is 0 Å². The van der Waals surface area contributed by atoms with Crippen LogP contribution < -0.4 is 10.9 Å². The third-order valence-corrected chi connectivity index (χ3v) is 6.94. The van der Waals surface area contributed by atoms with Gasteiger partial charge in [-0.15, -0.1) is 0 Å². The van der Waals surface area contributed by atoms with Crippen LogP contribution in [0.2, 0.25) is 0 Å². The van der Waals surface area contributed by atoms with Crippen molar-refractivity contribution in [2.24, 2.45) is 5.92 Å². The van der Waals surface area contributed by atoms with E-state index in [4.69, 9.17) is 12.8 Å². The topological polar surface area (TPSA) is 55.6 Å². The molecule has 0 amide bonds. The molecule has 4 heterocycles. The number of hydrogen-bond donors (Lipinski definition) is 1. The normalized spacial score (nSPS) is 20.0. The van der Waals surface area contributed by atoms with Crippen LogP contribution in [0, 0.1) is 5.92 Å². The SMILES string of the molecule is C.[B]c1ncnc2c1ccn2C1CCC(CCc2ccc3cc4c(nc3c2)NCC4)C1. The lowest BCUT2D eigenvalue weighted by atomic mass is 9.97. The predicted octanol–water partition coefficient (Wildman–Crippen LogP) is 4.35. The van der Waals surface area contributed by atoms with E-state index in [9.17, 15) is 0 Å². The monoisotopic (exact) mass is 409 g/mol. The summed E-state index contributed by atoms with van der Waals surface area (Å²) < 4.78 is 2.31. The quantitative estimate of drug-likeness (QED) is 0.509. The number of aryl methyl sites for hydroxylation is 1. The summed E-state index contributed by atoms with van der Waals surface area (Å²) in [6.45, 7) is 1.00. The summed E-state index contributed by atoms with van der Waals surface area (Å²) in [4.78, 5) is 13.4. The van der Waals surface area contributed by atoms with E-state index in [0.29, 0.717) is 11.6 Å². The molecule has 1 saturated carbocycles. The molecule has 6 rings (SSSR count). The zero-order valence-electron chi connectivity index (χ0n) is 17.0. The van der Waals surface area contributed by atoms with E-state index in [1.54, 1.807) is 6.33 Å². The Morgan fingerprint density at radius 1 is 1.13 bits per heavy atom. The number of benzene rings is 1. The summed E-state index contributed by atoms with van der Waals surface area (Å²) >= 11 is 0. The number of anilines is 1. The molecular formula is C25H28BN5. The molecule has 6 heteroatoms. The van der Waals surface area contributed by atoms with Crippen molar-refractivity contribution in [1.82, 2.24) is 19.5 Å². The summed E-state index contributed by atoms with van der Waals surface area (Å²) in [5, 5.41) is 5.61. The number of rotatable bonds is 4. The van der Waals surface area contributed by atoms with Crippen LogP contribution in [0.5, 0.6) is 0 Å². The van der Waals surface area contributed by atoms with Crippen molar-refractivity contribution in [3.8, 4) is 0 Å². The van der Waals surface area contributed by atoms with Gasteiger partial charge in [0.25, 0.3) is 0 Å². The van der Waals surface area contributed by atoms with Gasteiger partial charge in [0.15, 0.2) is 0 Å². The van der Waals surface area contributed by atoms with Crippen LogP contribution in [0.3, 0.4) is 0 Å². The van der Waals surface area contributed by atoms with E-state index in [0.717, 1.165) is 47.7 Å². The molecule has 31 heavy (non-hydrogen) atoms. The van der Waals surface area contributed by atoms with E-state index in [1.807, 2.05) is 6.07 Å². The molecule has 5 nitrogen and oxygen atoms in total. The first-order valence-corrected chi connectivity index (χ1v) is 11.0. The summed E-state index contributed by atoms with van der Waals surface area (Å²) in [6.07, 6.45) is 10.8. The molecule has 0 saturated heterocycles. The Labute approximate surface area is 184 Å². The van der Waals surface area contributed by atoms with Gasteiger partial charge < -0.3 is 9.88 Å². The molecule has 1 aromatic carbocycles. The molecule has 3 aromatic heterocycles. The van der Waals surface area contributed by atoms with Gasteiger partial charge in [0.05, 0.1) is 5.52 Å². The number of nitrogens with one attached hydrogen (secondary N) is 1. The van der Waals surface area contributed by atoms with Crippen LogP contribution in [0.4, 0.5) is 5.82 Å². The average Bonchev–Trinajstić information content (AvgIpc) is 3.49. The highest BCUT2D eigenvalue weighted by Crippen LogP contribution is 2.38. The lowest BCUT2D eigenvalue weighted by Crippen LogP contribution is -2.11. The van der Waals surface area contributed by atoms with Gasteiger partial charge in [0.2, 0.25) is 0 Å². The Morgan fingerprint density at radius 2 is 2.06 bits per heavy atom. The minimum Gasteiger partial charge on any atom is -0.369 e. The molecule has 1 aliphatic carbocycles. The van der Waals surface area contributed by atoms with Gasteiger partial charge in [0.1, 0.15) is 25.6 Å². The van der Waals surface area contributed by atoms with E-state index in [-0.39, 0.29) is 7.43 Å². The van der Waals surface area contributed by atoms with Crippen LogP contribution in [-0.2, 0) is 12.8 Å². The Balaban J connectivity index is 0.00000204. The minimum atomic E-state index is 0. The maximum Gasteiger partial charge on any atom is 0.142 e. The number of fused-ring (bicyclic) bond motifs is 3. The second-order valence-electron chi connectivity index (χ2n) is 8.79.